The van der Waals surface area contributed by atoms with Gasteiger partial charge in [0.25, 0.3) is 0 Å². The van der Waals surface area contributed by atoms with Crippen LogP contribution >= 0.6 is 39.9 Å². The normalized spacial score (nSPS) is 12.3. The van der Waals surface area contributed by atoms with Gasteiger partial charge in [-0.05, 0) is 35.0 Å². The molecule has 0 aliphatic rings. The van der Waals surface area contributed by atoms with Gasteiger partial charge >= 0.3 is 0 Å². The van der Waals surface area contributed by atoms with E-state index in [9.17, 15) is 0 Å². The van der Waals surface area contributed by atoms with E-state index in [4.69, 9.17) is 4.74 Å². The molecule has 4 nitrogen and oxygen atoms in total. The predicted molar refractivity (Wildman–Crippen MR) is 90.1 cm³/mol. The average molecular weight is 428 g/mol. The van der Waals surface area contributed by atoms with Gasteiger partial charge in [-0.2, -0.15) is 0 Å². The van der Waals surface area contributed by atoms with Crippen LogP contribution < -0.4 is 15.4 Å². The summed E-state index contributed by atoms with van der Waals surface area (Å²) in [5.74, 6) is 1.61. The monoisotopic (exact) mass is 427 g/mol. The van der Waals surface area contributed by atoms with Crippen LogP contribution in [0.1, 0.15) is 6.92 Å². The van der Waals surface area contributed by atoms with Gasteiger partial charge in [-0.1, -0.05) is 12.1 Å². The molecule has 1 aromatic rings. The molecule has 1 atom stereocenters. The largest absolute Gasteiger partial charge is 0.488 e. The standard InChI is InChI=1S/C12H18BrN3O.HI/c1-9(8-16-12(14-2)15-3)17-11-7-5-4-6-10(11)13;/h4-7,9H,8H2,1-3H3,(H2,14,15,16);1H. The van der Waals surface area contributed by atoms with Gasteiger partial charge < -0.3 is 15.4 Å². The fraction of sp³-hybridized carbons (Fsp3) is 0.417. The van der Waals surface area contributed by atoms with Crippen LogP contribution in [-0.2, 0) is 0 Å². The Morgan fingerprint density at radius 2 is 2.11 bits per heavy atom. The van der Waals surface area contributed by atoms with Gasteiger partial charge in [-0.3, -0.25) is 4.99 Å². The summed E-state index contributed by atoms with van der Waals surface area (Å²) in [4.78, 5) is 4.03. The molecule has 18 heavy (non-hydrogen) atoms. The molecule has 6 heteroatoms. The quantitative estimate of drug-likeness (QED) is 0.441. The van der Waals surface area contributed by atoms with Crippen LogP contribution in [0.5, 0.6) is 5.75 Å². The summed E-state index contributed by atoms with van der Waals surface area (Å²) < 4.78 is 6.76. The minimum absolute atomic E-state index is 0. The van der Waals surface area contributed by atoms with Crippen molar-refractivity contribution in [2.24, 2.45) is 4.99 Å². The topological polar surface area (TPSA) is 45.7 Å². The summed E-state index contributed by atoms with van der Waals surface area (Å²) >= 11 is 3.45. The number of nitrogens with zero attached hydrogens (tertiary/aromatic N) is 1. The molecule has 0 radical (unpaired) electrons. The summed E-state index contributed by atoms with van der Waals surface area (Å²) in [6.45, 7) is 2.70. The van der Waals surface area contributed by atoms with Crippen LogP contribution in [0, 0.1) is 0 Å². The van der Waals surface area contributed by atoms with E-state index >= 15 is 0 Å². The lowest BCUT2D eigenvalue weighted by molar-refractivity contribution is 0.222. The van der Waals surface area contributed by atoms with E-state index in [1.54, 1.807) is 7.05 Å². The molecule has 1 rings (SSSR count). The number of aliphatic imine (C=N–C) groups is 1. The molecule has 0 aliphatic carbocycles. The van der Waals surface area contributed by atoms with Crippen LogP contribution in [0.2, 0.25) is 0 Å². The maximum absolute atomic E-state index is 5.79. The maximum Gasteiger partial charge on any atom is 0.190 e. The Kier molecular flexibility index (Phi) is 9.17. The summed E-state index contributed by atoms with van der Waals surface area (Å²) in [6.07, 6.45) is 0.0544. The minimum atomic E-state index is 0. The third-order valence-corrected chi connectivity index (χ3v) is 2.84. The van der Waals surface area contributed by atoms with Crippen LogP contribution in [0.3, 0.4) is 0 Å². The summed E-state index contributed by atoms with van der Waals surface area (Å²) in [6, 6.07) is 7.81. The molecule has 2 N–H and O–H groups in total. The number of nitrogens with one attached hydrogen (secondary N) is 2. The molecular weight excluding hydrogens is 409 g/mol. The van der Waals surface area contributed by atoms with Gasteiger partial charge in [0.15, 0.2) is 5.96 Å². The second-order valence-electron chi connectivity index (χ2n) is 3.56. The first-order valence-electron chi connectivity index (χ1n) is 5.47. The average Bonchev–Trinajstić information content (AvgIpc) is 2.33. The van der Waals surface area contributed by atoms with Crippen molar-refractivity contribution in [2.75, 3.05) is 20.6 Å². The molecule has 0 aromatic heterocycles. The van der Waals surface area contributed by atoms with Crippen molar-refractivity contribution in [3.63, 3.8) is 0 Å². The zero-order chi connectivity index (χ0) is 12.7. The highest BCUT2D eigenvalue weighted by Gasteiger charge is 2.06. The lowest BCUT2D eigenvalue weighted by Crippen LogP contribution is -2.40. The molecule has 0 heterocycles. The van der Waals surface area contributed by atoms with Crippen molar-refractivity contribution in [1.82, 2.24) is 10.6 Å². The Bertz CT molecular complexity index is 387. The van der Waals surface area contributed by atoms with Gasteiger partial charge in [-0.25, -0.2) is 0 Å². The van der Waals surface area contributed by atoms with E-state index in [0.717, 1.165) is 16.2 Å². The zero-order valence-corrected chi connectivity index (χ0v) is 14.7. The smallest absolute Gasteiger partial charge is 0.190 e. The number of benzene rings is 1. The number of hydrogen-bond acceptors (Lipinski definition) is 2. The van der Waals surface area contributed by atoms with Crippen molar-refractivity contribution >= 4 is 45.9 Å². The van der Waals surface area contributed by atoms with Gasteiger partial charge in [0.05, 0.1) is 11.0 Å². The van der Waals surface area contributed by atoms with Gasteiger partial charge in [0.1, 0.15) is 11.9 Å². The number of ether oxygens (including phenoxy) is 1. The molecular formula is C12H19BrIN3O. The van der Waals surface area contributed by atoms with E-state index < -0.39 is 0 Å². The first-order valence-corrected chi connectivity index (χ1v) is 6.26. The van der Waals surface area contributed by atoms with Crippen molar-refractivity contribution < 1.29 is 4.74 Å². The van der Waals surface area contributed by atoms with Gasteiger partial charge in [-0.15, -0.1) is 24.0 Å². The highest BCUT2D eigenvalue weighted by molar-refractivity contribution is 14.0. The third kappa shape index (κ3) is 5.90. The molecule has 0 amide bonds. The Morgan fingerprint density at radius 1 is 1.44 bits per heavy atom. The Labute approximate surface area is 134 Å². The first-order chi connectivity index (χ1) is 8.17. The second-order valence-corrected chi connectivity index (χ2v) is 4.42. The summed E-state index contributed by atoms with van der Waals surface area (Å²) in [5.41, 5.74) is 0. The third-order valence-electron chi connectivity index (χ3n) is 2.18. The predicted octanol–water partition coefficient (Wildman–Crippen LogP) is 2.63. The molecule has 0 aliphatic heterocycles. The minimum Gasteiger partial charge on any atom is -0.488 e. The van der Waals surface area contributed by atoms with Crippen LogP contribution in [-0.4, -0.2) is 32.7 Å². The number of halogens is 2. The van der Waals surface area contributed by atoms with Crippen molar-refractivity contribution in [1.29, 1.82) is 0 Å². The fourth-order valence-corrected chi connectivity index (χ4v) is 1.70. The zero-order valence-electron chi connectivity index (χ0n) is 10.7. The summed E-state index contributed by atoms with van der Waals surface area (Å²) in [7, 11) is 3.56. The lowest BCUT2D eigenvalue weighted by atomic mass is 10.3. The van der Waals surface area contributed by atoms with E-state index in [0.29, 0.717) is 6.54 Å². The van der Waals surface area contributed by atoms with Gasteiger partial charge in [0, 0.05) is 14.1 Å². The van der Waals surface area contributed by atoms with Crippen molar-refractivity contribution in [3.8, 4) is 5.75 Å². The molecule has 0 saturated heterocycles. The van der Waals surface area contributed by atoms with Crippen molar-refractivity contribution in [3.05, 3.63) is 28.7 Å². The Hall–Kier alpha value is -0.500. The van der Waals surface area contributed by atoms with E-state index in [1.165, 1.54) is 0 Å². The van der Waals surface area contributed by atoms with E-state index in [1.807, 2.05) is 38.2 Å². The fourth-order valence-electron chi connectivity index (χ4n) is 1.32. The molecule has 0 bridgehead atoms. The highest BCUT2D eigenvalue weighted by Crippen LogP contribution is 2.24. The maximum atomic E-state index is 5.79. The second kappa shape index (κ2) is 9.43. The van der Waals surface area contributed by atoms with Crippen LogP contribution in [0.15, 0.2) is 33.7 Å². The van der Waals surface area contributed by atoms with E-state index in [-0.39, 0.29) is 30.1 Å². The molecule has 1 unspecified atom stereocenters. The van der Waals surface area contributed by atoms with Crippen molar-refractivity contribution in [2.45, 2.75) is 13.0 Å². The molecule has 1 aromatic carbocycles. The molecule has 0 fully saturated rings. The molecule has 0 spiro atoms. The SMILES string of the molecule is CN=C(NC)NCC(C)Oc1ccccc1Br.I. The van der Waals surface area contributed by atoms with Gasteiger partial charge in [0.2, 0.25) is 0 Å². The molecule has 0 saturated carbocycles. The number of rotatable bonds is 4. The first kappa shape index (κ1) is 17.5. The Balaban J connectivity index is 0.00000289. The highest BCUT2D eigenvalue weighted by atomic mass is 127. The Morgan fingerprint density at radius 3 is 2.67 bits per heavy atom. The number of para-hydroxylation sites is 1. The summed E-state index contributed by atoms with van der Waals surface area (Å²) in [5, 5.41) is 6.11. The lowest BCUT2D eigenvalue weighted by Gasteiger charge is -2.17. The molecule has 102 valence electrons. The van der Waals surface area contributed by atoms with E-state index in [2.05, 4.69) is 31.6 Å². The van der Waals surface area contributed by atoms with Crippen LogP contribution in [0.4, 0.5) is 0 Å². The number of guanidine groups is 1. The number of hydrogen-bond donors (Lipinski definition) is 2. The van der Waals surface area contributed by atoms with Crippen LogP contribution in [0.25, 0.3) is 0 Å².